The first kappa shape index (κ1) is 9.04. The van der Waals surface area contributed by atoms with Crippen molar-refractivity contribution in [1.82, 2.24) is 0 Å². The van der Waals surface area contributed by atoms with Crippen LogP contribution >= 0.6 is 11.1 Å². The van der Waals surface area contributed by atoms with Gasteiger partial charge in [0.2, 0.25) is 0 Å². The number of halogens is 1. The summed E-state index contributed by atoms with van der Waals surface area (Å²) >= 11 is 6.52. The Kier molecular flexibility index (Phi) is 2.09. The minimum atomic E-state index is -1.61. The van der Waals surface area contributed by atoms with E-state index in [1.165, 1.54) is 16.3 Å². The van der Waals surface area contributed by atoms with Gasteiger partial charge in [-0.2, -0.15) is 11.1 Å². The molecule has 0 fully saturated rings. The highest BCUT2D eigenvalue weighted by atomic mass is 35.6. The molecule has 68 valence electrons. The van der Waals surface area contributed by atoms with Gasteiger partial charge in [-0.25, -0.2) is 0 Å². The second-order valence-electron chi connectivity index (χ2n) is 3.70. The average Bonchev–Trinajstić information content (AvgIpc) is 2.07. The zero-order valence-corrected chi connectivity index (χ0v) is 9.73. The molecule has 1 aliphatic carbocycles. The van der Waals surface area contributed by atoms with E-state index in [0.717, 1.165) is 6.04 Å². The zero-order chi connectivity index (χ0) is 9.47. The predicted octanol–water partition coefficient (Wildman–Crippen LogP) is 3.91. The second kappa shape index (κ2) is 3.00. The molecule has 0 aromatic heterocycles. The summed E-state index contributed by atoms with van der Waals surface area (Å²) < 4.78 is 0. The lowest BCUT2D eigenvalue weighted by molar-refractivity contribution is 1.41. The maximum Gasteiger partial charge on any atom is 0.184 e. The molecule has 1 aromatic carbocycles. The van der Waals surface area contributed by atoms with Gasteiger partial charge in [0.1, 0.15) is 0 Å². The van der Waals surface area contributed by atoms with E-state index < -0.39 is 7.38 Å². The summed E-state index contributed by atoms with van der Waals surface area (Å²) in [4.78, 5) is 0. The van der Waals surface area contributed by atoms with E-state index in [1.807, 2.05) is 0 Å². The first-order chi connectivity index (χ1) is 6.15. The molecule has 1 aromatic rings. The third-order valence-corrected chi connectivity index (χ3v) is 7.05. The number of rotatable bonds is 2. The fraction of sp³-hybridized carbons (Fsp3) is 0.273. The molecule has 0 nitrogen and oxygen atoms in total. The van der Waals surface area contributed by atoms with E-state index in [9.17, 15) is 0 Å². The summed E-state index contributed by atoms with van der Waals surface area (Å²) in [6.45, 7) is 4.40. The van der Waals surface area contributed by atoms with Crippen LogP contribution in [0.25, 0.3) is 11.3 Å². The molecule has 0 N–H and O–H groups in total. The van der Waals surface area contributed by atoms with Crippen LogP contribution in [0.3, 0.4) is 0 Å². The van der Waals surface area contributed by atoms with E-state index in [1.54, 1.807) is 0 Å². The van der Waals surface area contributed by atoms with Crippen LogP contribution in [0.15, 0.2) is 24.3 Å². The van der Waals surface area contributed by atoms with E-state index >= 15 is 0 Å². The molecule has 0 radical (unpaired) electrons. The van der Waals surface area contributed by atoms with E-state index in [4.69, 9.17) is 11.1 Å². The molecule has 0 aliphatic heterocycles. The van der Waals surface area contributed by atoms with Gasteiger partial charge >= 0.3 is 0 Å². The van der Waals surface area contributed by atoms with Crippen molar-refractivity contribution in [3.05, 3.63) is 35.4 Å². The van der Waals surface area contributed by atoms with Crippen molar-refractivity contribution in [3.8, 4) is 0 Å². The molecule has 1 atom stereocenters. The lowest BCUT2D eigenvalue weighted by Crippen LogP contribution is -2.26. The Balaban J connectivity index is 2.35. The molecule has 0 amide bonds. The van der Waals surface area contributed by atoms with Gasteiger partial charge in [0.15, 0.2) is 7.38 Å². The third-order valence-electron chi connectivity index (χ3n) is 2.78. The van der Waals surface area contributed by atoms with E-state index in [0.29, 0.717) is 0 Å². The van der Waals surface area contributed by atoms with E-state index in [-0.39, 0.29) is 0 Å². The SMILES string of the molecule is CC[Si](C)(Cl)C1=Cc2ccccc21. The van der Waals surface area contributed by atoms with Crippen LogP contribution in [-0.2, 0) is 0 Å². The Morgan fingerprint density at radius 2 is 2.00 bits per heavy atom. The lowest BCUT2D eigenvalue weighted by atomic mass is 9.98. The molecule has 2 rings (SSSR count). The van der Waals surface area contributed by atoms with Crippen molar-refractivity contribution in [3.63, 3.8) is 0 Å². The molecular weight excluding hydrogens is 196 g/mol. The topological polar surface area (TPSA) is 0 Å². The van der Waals surface area contributed by atoms with Crippen molar-refractivity contribution >= 4 is 29.7 Å². The van der Waals surface area contributed by atoms with Gasteiger partial charge in [0.05, 0.1) is 0 Å². The fourth-order valence-corrected chi connectivity index (χ4v) is 3.74. The van der Waals surface area contributed by atoms with Gasteiger partial charge in [-0.3, -0.25) is 0 Å². The Morgan fingerprint density at radius 1 is 1.31 bits per heavy atom. The molecular formula is C11H13ClSi. The highest BCUT2D eigenvalue weighted by molar-refractivity contribution is 7.30. The van der Waals surface area contributed by atoms with Gasteiger partial charge in [-0.1, -0.05) is 43.8 Å². The van der Waals surface area contributed by atoms with E-state index in [2.05, 4.69) is 43.8 Å². The average molecular weight is 209 g/mol. The summed E-state index contributed by atoms with van der Waals surface area (Å²) in [6, 6.07) is 9.59. The van der Waals surface area contributed by atoms with Gasteiger partial charge in [-0.15, -0.1) is 0 Å². The highest BCUT2D eigenvalue weighted by Gasteiger charge is 2.33. The monoisotopic (exact) mass is 208 g/mol. The van der Waals surface area contributed by atoms with Crippen LogP contribution < -0.4 is 0 Å². The molecule has 1 aliphatic rings. The summed E-state index contributed by atoms with van der Waals surface area (Å²) in [5, 5.41) is 1.42. The summed E-state index contributed by atoms with van der Waals surface area (Å²) in [5.41, 5.74) is 2.74. The Bertz CT molecular complexity index is 366. The van der Waals surface area contributed by atoms with Crippen LogP contribution in [0.1, 0.15) is 18.1 Å². The Labute approximate surface area is 85.0 Å². The van der Waals surface area contributed by atoms with Crippen molar-refractivity contribution in [2.45, 2.75) is 19.5 Å². The summed E-state index contributed by atoms with van der Waals surface area (Å²) in [5.74, 6) is 0. The predicted molar refractivity (Wildman–Crippen MR) is 62.3 cm³/mol. The quantitative estimate of drug-likeness (QED) is 0.511. The number of hydrogen-bond acceptors (Lipinski definition) is 0. The summed E-state index contributed by atoms with van der Waals surface area (Å²) in [7, 11) is -1.61. The Morgan fingerprint density at radius 3 is 2.62 bits per heavy atom. The van der Waals surface area contributed by atoms with Crippen molar-refractivity contribution in [1.29, 1.82) is 0 Å². The minimum absolute atomic E-state index is 1.11. The third kappa shape index (κ3) is 1.36. The molecule has 13 heavy (non-hydrogen) atoms. The largest absolute Gasteiger partial charge is 0.184 e. The molecule has 0 spiro atoms. The molecule has 0 saturated heterocycles. The number of benzene rings is 1. The van der Waals surface area contributed by atoms with Crippen molar-refractivity contribution < 1.29 is 0 Å². The minimum Gasteiger partial charge on any atom is -0.161 e. The standard InChI is InChI=1S/C11H13ClSi/c1-3-13(2,12)11-8-9-6-4-5-7-10(9)11/h4-8H,3H2,1-2H3. The van der Waals surface area contributed by atoms with Gasteiger partial charge in [-0.05, 0) is 22.4 Å². The molecule has 2 heteroatoms. The first-order valence-corrected chi connectivity index (χ1v) is 8.37. The highest BCUT2D eigenvalue weighted by Crippen LogP contribution is 2.41. The number of fused-ring (bicyclic) bond motifs is 1. The maximum atomic E-state index is 6.52. The van der Waals surface area contributed by atoms with Crippen molar-refractivity contribution in [2.75, 3.05) is 0 Å². The van der Waals surface area contributed by atoms with Crippen molar-refractivity contribution in [2.24, 2.45) is 0 Å². The zero-order valence-electron chi connectivity index (χ0n) is 7.97. The Hall–Kier alpha value is -0.533. The van der Waals surface area contributed by atoms with Crippen LogP contribution in [0.5, 0.6) is 0 Å². The number of hydrogen-bond donors (Lipinski definition) is 0. The van der Waals surface area contributed by atoms with Crippen LogP contribution in [0.4, 0.5) is 0 Å². The second-order valence-corrected chi connectivity index (χ2v) is 9.84. The van der Waals surface area contributed by atoms with Gasteiger partial charge in [0.25, 0.3) is 0 Å². The van der Waals surface area contributed by atoms with Crippen LogP contribution in [-0.4, -0.2) is 7.38 Å². The van der Waals surface area contributed by atoms with Gasteiger partial charge < -0.3 is 0 Å². The summed E-state index contributed by atoms with van der Waals surface area (Å²) in [6.07, 6.45) is 2.25. The smallest absolute Gasteiger partial charge is 0.161 e. The maximum absolute atomic E-state index is 6.52. The lowest BCUT2D eigenvalue weighted by Gasteiger charge is -2.29. The van der Waals surface area contributed by atoms with Crippen LogP contribution in [0.2, 0.25) is 12.6 Å². The molecule has 0 bridgehead atoms. The van der Waals surface area contributed by atoms with Crippen LogP contribution in [0, 0.1) is 0 Å². The fourth-order valence-electron chi connectivity index (χ4n) is 1.65. The molecule has 1 unspecified atom stereocenters. The first-order valence-electron chi connectivity index (χ1n) is 4.65. The molecule has 0 saturated carbocycles. The normalized spacial score (nSPS) is 18.2. The molecule has 0 heterocycles. The van der Waals surface area contributed by atoms with Gasteiger partial charge in [0, 0.05) is 0 Å².